The first-order chi connectivity index (χ1) is 12.6. The quantitative estimate of drug-likeness (QED) is 0.381. The van der Waals surface area contributed by atoms with Gasteiger partial charge in [-0.1, -0.05) is 12.1 Å². The molecular weight excluding hydrogens is 539 g/mol. The van der Waals surface area contributed by atoms with Crippen LogP contribution in [-0.2, 0) is 18.1 Å². The topological polar surface area (TPSA) is 77.5 Å². The first-order valence-corrected chi connectivity index (χ1v) is 12.2. The maximum absolute atomic E-state index is 13.2. The van der Waals surface area contributed by atoms with Gasteiger partial charge in [-0.25, -0.2) is 16.8 Å². The highest BCUT2D eigenvalue weighted by Crippen LogP contribution is 2.42. The van der Waals surface area contributed by atoms with Gasteiger partial charge in [-0.3, -0.25) is 0 Å². The van der Waals surface area contributed by atoms with E-state index in [4.69, 9.17) is 21.4 Å². The number of halogens is 7. The van der Waals surface area contributed by atoms with Gasteiger partial charge >= 0.3 is 12.5 Å². The molecule has 0 saturated carbocycles. The minimum absolute atomic E-state index is 0.0242. The minimum Gasteiger partial charge on any atom is -0.451 e. The summed E-state index contributed by atoms with van der Waals surface area (Å²) in [4.78, 5) is -1.27. The molecule has 1 atom stereocenters. The molecule has 2 rings (SSSR count). The number of hydrogen-bond donors (Lipinski definition) is 0. The van der Waals surface area contributed by atoms with Crippen molar-refractivity contribution in [2.75, 3.05) is 0 Å². The third kappa shape index (κ3) is 5.29. The number of rotatable bonds is 5. The second-order valence-corrected chi connectivity index (χ2v) is 11.0. The van der Waals surface area contributed by atoms with E-state index in [2.05, 4.69) is 20.7 Å². The molecule has 0 aromatic heterocycles. The van der Waals surface area contributed by atoms with Crippen molar-refractivity contribution >= 4 is 55.4 Å². The molecule has 28 heavy (non-hydrogen) atoms. The third-order valence-corrected chi connectivity index (χ3v) is 7.01. The maximum atomic E-state index is 13.2. The second kappa shape index (κ2) is 7.98. The van der Waals surface area contributed by atoms with Crippen molar-refractivity contribution in [2.24, 2.45) is 0 Å². The third-order valence-electron chi connectivity index (χ3n) is 3.22. The summed E-state index contributed by atoms with van der Waals surface area (Å²) >= 11 is 2.89. The Morgan fingerprint density at radius 2 is 1.61 bits per heavy atom. The Bertz CT molecular complexity index is 1120. The van der Waals surface area contributed by atoms with Gasteiger partial charge < -0.3 is 4.74 Å². The Hall–Kier alpha value is -1.08. The summed E-state index contributed by atoms with van der Waals surface area (Å²) < 4.78 is 101. The molecule has 0 aliphatic heterocycles. The van der Waals surface area contributed by atoms with Gasteiger partial charge in [0.1, 0.15) is 10.6 Å². The maximum Gasteiger partial charge on any atom is 0.457 e. The zero-order valence-corrected chi connectivity index (χ0v) is 17.8. The summed E-state index contributed by atoms with van der Waals surface area (Å²) in [5, 5.41) is 0. The molecule has 0 aliphatic rings. The molecule has 0 bridgehead atoms. The van der Waals surface area contributed by atoms with Gasteiger partial charge in [0.2, 0.25) is 0 Å². The van der Waals surface area contributed by atoms with Crippen LogP contribution in [0.5, 0.6) is 5.75 Å². The van der Waals surface area contributed by atoms with Crippen molar-refractivity contribution < 1.29 is 39.1 Å². The molecule has 14 heteroatoms. The molecule has 0 spiro atoms. The number of ether oxygens (including phenoxy) is 1. The molecule has 0 N–H and O–H groups in total. The van der Waals surface area contributed by atoms with Crippen LogP contribution in [0, 0.1) is 0 Å². The van der Waals surface area contributed by atoms with Crippen LogP contribution in [-0.4, -0.2) is 29.4 Å². The summed E-state index contributed by atoms with van der Waals surface area (Å²) in [6.07, 6.45) is -9.20. The molecule has 0 amide bonds. The van der Waals surface area contributed by atoms with Gasteiger partial charge in [0, 0.05) is 25.8 Å². The van der Waals surface area contributed by atoms with E-state index in [-0.39, 0.29) is 20.5 Å². The van der Waals surface area contributed by atoms with Crippen molar-refractivity contribution in [3.8, 4) is 16.9 Å². The summed E-state index contributed by atoms with van der Waals surface area (Å²) in [5.74, 6) is -0.989. The molecular formula is C14H7BrCl2F4O5S2. The average molecular weight is 546 g/mol. The van der Waals surface area contributed by atoms with Crippen LogP contribution < -0.4 is 4.74 Å². The predicted molar refractivity (Wildman–Crippen MR) is 97.2 cm³/mol. The largest absolute Gasteiger partial charge is 0.457 e. The van der Waals surface area contributed by atoms with E-state index in [0.29, 0.717) is 0 Å². The minimum atomic E-state index is -5.40. The van der Waals surface area contributed by atoms with Crippen LogP contribution in [0.4, 0.5) is 17.6 Å². The van der Waals surface area contributed by atoms with Gasteiger partial charge in [0.15, 0.2) is 0 Å². The van der Waals surface area contributed by atoms with Crippen LogP contribution >= 0.6 is 37.3 Å². The van der Waals surface area contributed by atoms with E-state index < -0.39 is 41.3 Å². The van der Waals surface area contributed by atoms with Gasteiger partial charge in [0.05, 0.1) is 4.90 Å². The summed E-state index contributed by atoms with van der Waals surface area (Å²) in [7, 11) is 1.72. The van der Waals surface area contributed by atoms with E-state index >= 15 is 0 Å². The molecule has 0 heterocycles. The van der Waals surface area contributed by atoms with Crippen molar-refractivity contribution in [2.45, 2.75) is 22.3 Å². The Labute approximate surface area is 174 Å². The van der Waals surface area contributed by atoms with Crippen molar-refractivity contribution in [3.63, 3.8) is 0 Å². The van der Waals surface area contributed by atoms with Crippen molar-refractivity contribution in [1.29, 1.82) is 0 Å². The molecule has 5 nitrogen and oxygen atoms in total. The highest BCUT2D eigenvalue weighted by Gasteiger charge is 2.43. The zero-order valence-electron chi connectivity index (χ0n) is 13.0. The van der Waals surface area contributed by atoms with E-state index in [9.17, 15) is 34.4 Å². The molecule has 1 unspecified atom stereocenters. The number of alkyl halides is 4. The fourth-order valence-electron chi connectivity index (χ4n) is 2.07. The van der Waals surface area contributed by atoms with Crippen LogP contribution in [0.3, 0.4) is 0 Å². The van der Waals surface area contributed by atoms with Crippen LogP contribution in [0.1, 0.15) is 0 Å². The standard InChI is InChI=1S/C14H7BrCl2F4O5S2/c15-11-9(7-2-1-3-8(6-7)27(16,22)23)4-5-10(12(11)28(17,24)25)26-13(18)14(19,20)21/h1-6,13H. The summed E-state index contributed by atoms with van der Waals surface area (Å²) in [6.45, 7) is 0. The van der Waals surface area contributed by atoms with Crippen LogP contribution in [0.25, 0.3) is 11.1 Å². The lowest BCUT2D eigenvalue weighted by atomic mass is 10.1. The Morgan fingerprint density at radius 1 is 1.00 bits per heavy atom. The average Bonchev–Trinajstić information content (AvgIpc) is 2.52. The van der Waals surface area contributed by atoms with Gasteiger partial charge in [-0.05, 0) is 51.3 Å². The first-order valence-electron chi connectivity index (χ1n) is 6.82. The Morgan fingerprint density at radius 3 is 2.11 bits per heavy atom. The lowest BCUT2D eigenvalue weighted by Gasteiger charge is -2.18. The van der Waals surface area contributed by atoms with Crippen LogP contribution in [0.2, 0.25) is 0 Å². The zero-order chi connectivity index (χ0) is 21.5. The molecule has 2 aromatic rings. The van der Waals surface area contributed by atoms with E-state index in [1.54, 1.807) is 0 Å². The van der Waals surface area contributed by atoms with Crippen molar-refractivity contribution in [1.82, 2.24) is 0 Å². The fraction of sp³-hybridized carbons (Fsp3) is 0.143. The molecule has 0 fully saturated rings. The first kappa shape index (κ1) is 23.2. The smallest absolute Gasteiger partial charge is 0.451 e. The molecule has 0 aliphatic carbocycles. The monoisotopic (exact) mass is 544 g/mol. The Balaban J connectivity index is 2.68. The van der Waals surface area contributed by atoms with Gasteiger partial charge in [-0.15, -0.1) is 0 Å². The van der Waals surface area contributed by atoms with Crippen molar-refractivity contribution in [3.05, 3.63) is 40.9 Å². The summed E-state index contributed by atoms with van der Waals surface area (Å²) in [6, 6.07) is 6.81. The number of hydrogen-bond acceptors (Lipinski definition) is 5. The second-order valence-electron chi connectivity index (χ2n) is 5.13. The van der Waals surface area contributed by atoms with E-state index in [0.717, 1.165) is 18.2 Å². The lowest BCUT2D eigenvalue weighted by molar-refractivity contribution is -0.237. The predicted octanol–water partition coefficient (Wildman–Crippen LogP) is 5.21. The van der Waals surface area contributed by atoms with E-state index in [1.165, 1.54) is 18.2 Å². The fourth-order valence-corrected chi connectivity index (χ4v) is 5.49. The lowest BCUT2D eigenvalue weighted by Crippen LogP contribution is -2.30. The molecule has 154 valence electrons. The van der Waals surface area contributed by atoms with Gasteiger partial charge in [-0.2, -0.15) is 17.6 Å². The Kier molecular flexibility index (Phi) is 6.61. The molecule has 0 saturated heterocycles. The SMILES string of the molecule is O=S(=O)(Cl)c1cccc(-c2ccc(OC(F)C(F)(F)F)c(S(=O)(=O)Cl)c2Br)c1. The molecule has 2 aromatic carbocycles. The normalized spacial score (nSPS) is 14.0. The molecule has 0 radical (unpaired) electrons. The highest BCUT2D eigenvalue weighted by molar-refractivity contribution is 9.10. The number of benzene rings is 2. The van der Waals surface area contributed by atoms with Gasteiger partial charge in [0.25, 0.3) is 18.1 Å². The highest BCUT2D eigenvalue weighted by atomic mass is 79.9. The van der Waals surface area contributed by atoms with E-state index in [1.807, 2.05) is 0 Å². The van der Waals surface area contributed by atoms with Crippen LogP contribution in [0.15, 0.2) is 50.7 Å². The summed E-state index contributed by atoms with van der Waals surface area (Å²) in [5.41, 5.74) is 0.158.